The van der Waals surface area contributed by atoms with Crippen LogP contribution in [-0.4, -0.2) is 61.4 Å². The molecule has 0 radical (unpaired) electrons. The summed E-state index contributed by atoms with van der Waals surface area (Å²) in [7, 11) is 1.86. The summed E-state index contributed by atoms with van der Waals surface area (Å²) in [4.78, 5) is 13.9. The van der Waals surface area contributed by atoms with E-state index in [1.165, 1.54) is 0 Å². The number of rotatable bonds is 5. The van der Waals surface area contributed by atoms with Gasteiger partial charge >= 0.3 is 0 Å². The van der Waals surface area contributed by atoms with E-state index in [0.717, 1.165) is 38.9 Å². The zero-order chi connectivity index (χ0) is 13.9. The third kappa shape index (κ3) is 3.27. The molecule has 2 N–H and O–H groups in total. The van der Waals surface area contributed by atoms with Gasteiger partial charge in [-0.05, 0) is 26.8 Å². The Bertz CT molecular complexity index is 318. The first-order chi connectivity index (χ1) is 9.14. The number of carbonyl (C=O) groups excluding carboxylic acids is 1. The molecule has 2 rings (SSSR count). The fraction of sp³-hybridized carbons (Fsp3) is 0.929. The summed E-state index contributed by atoms with van der Waals surface area (Å²) in [5, 5.41) is 13.1. The Morgan fingerprint density at radius 3 is 2.60 bits per heavy atom. The first kappa shape index (κ1) is 17.7. The lowest BCUT2D eigenvalue weighted by atomic mass is 9.58. The average molecular weight is 307 g/mol. The van der Waals surface area contributed by atoms with Gasteiger partial charge < -0.3 is 20.1 Å². The molecule has 2 atom stereocenters. The Morgan fingerprint density at radius 2 is 2.10 bits per heavy atom. The predicted octanol–water partition coefficient (Wildman–Crippen LogP) is 0.796. The van der Waals surface area contributed by atoms with Gasteiger partial charge in [0.1, 0.15) is 0 Å². The summed E-state index contributed by atoms with van der Waals surface area (Å²) in [6, 6.07) is 0. The lowest BCUT2D eigenvalue weighted by molar-refractivity contribution is -0.210. The van der Waals surface area contributed by atoms with Crippen LogP contribution in [-0.2, 0) is 9.53 Å². The molecule has 0 aromatic heterocycles. The summed E-state index contributed by atoms with van der Waals surface area (Å²) >= 11 is 0. The van der Waals surface area contributed by atoms with Crippen LogP contribution in [0.5, 0.6) is 0 Å². The van der Waals surface area contributed by atoms with E-state index in [2.05, 4.69) is 5.32 Å². The molecule has 6 heteroatoms. The van der Waals surface area contributed by atoms with Crippen molar-refractivity contribution in [3.8, 4) is 0 Å². The Labute approximate surface area is 127 Å². The maximum Gasteiger partial charge on any atom is 0.223 e. The maximum absolute atomic E-state index is 12.0. The average Bonchev–Trinajstić information content (AvgIpc) is 2.44. The van der Waals surface area contributed by atoms with E-state index >= 15 is 0 Å². The van der Waals surface area contributed by atoms with Crippen molar-refractivity contribution in [1.29, 1.82) is 0 Å². The number of carbonyl (C=O) groups is 1. The highest BCUT2D eigenvalue weighted by molar-refractivity contribution is 5.85. The van der Waals surface area contributed by atoms with Crippen LogP contribution in [0.1, 0.15) is 32.6 Å². The number of amides is 1. The minimum Gasteiger partial charge on any atom is -0.392 e. The molecule has 2 aliphatic rings. The summed E-state index contributed by atoms with van der Waals surface area (Å²) < 4.78 is 5.73. The monoisotopic (exact) mass is 306 g/mol. The molecule has 0 aromatic rings. The van der Waals surface area contributed by atoms with Gasteiger partial charge in [-0.25, -0.2) is 0 Å². The topological polar surface area (TPSA) is 61.8 Å². The fourth-order valence-electron chi connectivity index (χ4n) is 3.38. The number of nitrogens with zero attached hydrogens (tertiary/aromatic N) is 1. The van der Waals surface area contributed by atoms with Crippen molar-refractivity contribution in [3.63, 3.8) is 0 Å². The lowest BCUT2D eigenvalue weighted by Gasteiger charge is -2.56. The van der Waals surface area contributed by atoms with Crippen molar-refractivity contribution in [2.45, 2.75) is 44.8 Å². The Morgan fingerprint density at radius 1 is 1.45 bits per heavy atom. The molecular formula is C14H27ClN2O3. The Hall–Kier alpha value is -0.360. The molecule has 20 heavy (non-hydrogen) atoms. The third-order valence-electron chi connectivity index (χ3n) is 4.75. The second-order valence-electron chi connectivity index (χ2n) is 5.66. The SMILES string of the molecule is CCOC1CC(O)C12CCN(C(=O)CCNC)CC2.Cl. The van der Waals surface area contributed by atoms with Gasteiger partial charge in [-0.3, -0.25) is 4.79 Å². The normalized spacial score (nSPS) is 27.9. The first-order valence-corrected chi connectivity index (χ1v) is 7.36. The van der Waals surface area contributed by atoms with Crippen molar-refractivity contribution in [2.24, 2.45) is 5.41 Å². The minimum atomic E-state index is -0.251. The molecule has 1 aliphatic heterocycles. The molecule has 118 valence electrons. The van der Waals surface area contributed by atoms with E-state index in [4.69, 9.17) is 4.74 Å². The smallest absolute Gasteiger partial charge is 0.223 e. The maximum atomic E-state index is 12.0. The highest BCUT2D eigenvalue weighted by Crippen LogP contribution is 2.50. The van der Waals surface area contributed by atoms with Crippen molar-refractivity contribution in [2.75, 3.05) is 33.3 Å². The largest absolute Gasteiger partial charge is 0.392 e. The molecular weight excluding hydrogens is 280 g/mol. The van der Waals surface area contributed by atoms with Crippen LogP contribution in [0, 0.1) is 5.41 Å². The zero-order valence-electron chi connectivity index (χ0n) is 12.4. The molecule has 1 spiro atoms. The molecule has 0 bridgehead atoms. The van der Waals surface area contributed by atoms with Gasteiger partial charge in [0.15, 0.2) is 0 Å². The standard InChI is InChI=1S/C14H26N2O3.ClH/c1-3-19-12-10-11(17)14(12)5-8-16(9-6-14)13(18)4-7-15-2;/h11-12,15,17H,3-10H2,1-2H3;1H. The second kappa shape index (κ2) is 7.59. The number of ether oxygens (including phenoxy) is 1. The first-order valence-electron chi connectivity index (χ1n) is 7.36. The summed E-state index contributed by atoms with van der Waals surface area (Å²) in [5.41, 5.74) is -0.0875. The molecule has 5 nitrogen and oxygen atoms in total. The second-order valence-corrected chi connectivity index (χ2v) is 5.66. The van der Waals surface area contributed by atoms with Crippen LogP contribution in [0.15, 0.2) is 0 Å². The van der Waals surface area contributed by atoms with Gasteiger partial charge in [-0.15, -0.1) is 12.4 Å². The van der Waals surface area contributed by atoms with E-state index in [1.54, 1.807) is 0 Å². The van der Waals surface area contributed by atoms with E-state index in [0.29, 0.717) is 13.0 Å². The molecule has 2 fully saturated rings. The van der Waals surface area contributed by atoms with Crippen LogP contribution in [0.3, 0.4) is 0 Å². The van der Waals surface area contributed by atoms with Gasteiger partial charge in [0.25, 0.3) is 0 Å². The number of halogens is 1. The van der Waals surface area contributed by atoms with Crippen molar-refractivity contribution in [3.05, 3.63) is 0 Å². The fourth-order valence-corrected chi connectivity index (χ4v) is 3.38. The number of likely N-dealkylation sites (tertiary alicyclic amines) is 1. The van der Waals surface area contributed by atoms with E-state index in [-0.39, 0.29) is 35.9 Å². The number of hydrogen-bond donors (Lipinski definition) is 2. The number of aliphatic hydroxyl groups is 1. The van der Waals surface area contributed by atoms with E-state index < -0.39 is 0 Å². The third-order valence-corrected chi connectivity index (χ3v) is 4.75. The van der Waals surface area contributed by atoms with Crippen LogP contribution in [0.25, 0.3) is 0 Å². The number of piperidine rings is 1. The highest BCUT2D eigenvalue weighted by Gasteiger charge is 2.56. The van der Waals surface area contributed by atoms with Crippen LogP contribution < -0.4 is 5.32 Å². The molecule has 1 heterocycles. The van der Waals surface area contributed by atoms with Crippen molar-refractivity contribution < 1.29 is 14.6 Å². The van der Waals surface area contributed by atoms with Crippen LogP contribution in [0.4, 0.5) is 0 Å². The highest BCUT2D eigenvalue weighted by atomic mass is 35.5. The molecule has 1 saturated heterocycles. The van der Waals surface area contributed by atoms with E-state index in [1.807, 2.05) is 18.9 Å². The molecule has 2 unspecified atom stereocenters. The number of hydrogen-bond acceptors (Lipinski definition) is 4. The Kier molecular flexibility index (Phi) is 6.72. The minimum absolute atomic E-state index is 0. The molecule has 1 saturated carbocycles. The lowest BCUT2D eigenvalue weighted by Crippen LogP contribution is -2.62. The summed E-state index contributed by atoms with van der Waals surface area (Å²) in [6.45, 7) is 4.93. The molecule has 0 aromatic carbocycles. The number of nitrogens with one attached hydrogen (secondary N) is 1. The summed E-state index contributed by atoms with van der Waals surface area (Å²) in [5.74, 6) is 0.214. The van der Waals surface area contributed by atoms with Crippen LogP contribution >= 0.6 is 12.4 Å². The van der Waals surface area contributed by atoms with Gasteiger partial charge in [0, 0.05) is 44.5 Å². The Balaban J connectivity index is 0.00000200. The van der Waals surface area contributed by atoms with Crippen molar-refractivity contribution >= 4 is 18.3 Å². The summed E-state index contributed by atoms with van der Waals surface area (Å²) in [6.07, 6.45) is 2.97. The quantitative estimate of drug-likeness (QED) is 0.788. The van der Waals surface area contributed by atoms with E-state index in [9.17, 15) is 9.90 Å². The van der Waals surface area contributed by atoms with Gasteiger partial charge in [0.2, 0.25) is 5.91 Å². The van der Waals surface area contributed by atoms with Gasteiger partial charge in [0.05, 0.1) is 12.2 Å². The van der Waals surface area contributed by atoms with Crippen molar-refractivity contribution in [1.82, 2.24) is 10.2 Å². The molecule has 1 amide bonds. The zero-order valence-corrected chi connectivity index (χ0v) is 13.2. The number of aliphatic hydroxyl groups excluding tert-OH is 1. The van der Waals surface area contributed by atoms with Gasteiger partial charge in [-0.1, -0.05) is 0 Å². The molecule has 1 aliphatic carbocycles. The van der Waals surface area contributed by atoms with Crippen LogP contribution in [0.2, 0.25) is 0 Å². The van der Waals surface area contributed by atoms with Gasteiger partial charge in [-0.2, -0.15) is 0 Å². The predicted molar refractivity (Wildman–Crippen MR) is 80.1 cm³/mol.